The van der Waals surface area contributed by atoms with Crippen molar-refractivity contribution in [1.82, 2.24) is 0 Å². The summed E-state index contributed by atoms with van der Waals surface area (Å²) in [4.78, 5) is 0. The van der Waals surface area contributed by atoms with Gasteiger partial charge < -0.3 is 1.43 Å². The van der Waals surface area contributed by atoms with Crippen LogP contribution in [0.2, 0.25) is 0 Å². The first-order chi connectivity index (χ1) is 24.5. The fraction of sp³-hybridized carbons (Fsp3) is 1.00. The Kier molecular flexibility index (Phi) is 15.0. The van der Waals surface area contributed by atoms with E-state index in [0.29, 0.717) is 0 Å². The van der Waals surface area contributed by atoms with Crippen LogP contribution in [0.15, 0.2) is 0 Å². The maximum absolute atomic E-state index is 13.9. The van der Waals surface area contributed by atoms with Gasteiger partial charge in [-0.25, -0.2) is 0 Å². The predicted octanol–water partition coefficient (Wildman–Crippen LogP) is 8.31. The van der Waals surface area contributed by atoms with E-state index in [4.69, 9.17) is 4.55 Å². The molecule has 60 heavy (non-hydrogen) atoms. The van der Waals surface area contributed by atoms with Gasteiger partial charge in [-0.1, -0.05) is 0 Å². The molecule has 0 unspecified atom stereocenters. The summed E-state index contributed by atoms with van der Waals surface area (Å²) in [6.45, 7) is 0. The molecule has 0 rings (SSSR count). The molecule has 0 atom stereocenters. The molecule has 0 heterocycles. The van der Waals surface area contributed by atoms with Crippen LogP contribution in [0, 0.1) is 0 Å². The molecule has 0 spiro atoms. The molecule has 0 amide bonds. The summed E-state index contributed by atoms with van der Waals surface area (Å²) in [5.74, 6) is -161. The fourth-order valence-electron chi connectivity index (χ4n) is 3.28. The smallest absolute Gasteiger partial charge is 1.00 e. The van der Waals surface area contributed by atoms with E-state index in [-0.39, 0.29) is 52.8 Å². The zero-order valence-corrected chi connectivity index (χ0v) is 29.6. The molecule has 0 bridgehead atoms. The molecule has 0 aromatic carbocycles. The van der Waals surface area contributed by atoms with Gasteiger partial charge in [0.2, 0.25) is 0 Å². The standard InChI is InChI=1S/C18HF37O3S.K.H/c19-1(20,3(23,24)5(27,28)7(31,32)9(35,36)11(39,40)13(43,44)15(47,48)17(51,52)53)2(21,22)4(25,26)6(29,30)8(33,34)10(37,38)12(41,42)14(45,46)16(49,50)18(54,55)59(56,57)58;;/h(H,56,57,58);;/q;+1;-1. The molecular formula is C18H2F37KO3S. The van der Waals surface area contributed by atoms with Crippen molar-refractivity contribution in [3.8, 4) is 0 Å². The molecular weight excluding hydrogens is 1040 g/mol. The van der Waals surface area contributed by atoms with Crippen molar-refractivity contribution in [2.75, 3.05) is 0 Å². The third-order valence-electron chi connectivity index (χ3n) is 6.96. The van der Waals surface area contributed by atoms with Crippen molar-refractivity contribution in [1.29, 1.82) is 0 Å². The third-order valence-corrected chi connectivity index (χ3v) is 7.86. The molecule has 0 aliphatic rings. The summed E-state index contributed by atoms with van der Waals surface area (Å²) in [6.07, 6.45) is -8.49. The fourth-order valence-corrected chi connectivity index (χ4v) is 3.74. The second-order valence-corrected chi connectivity index (χ2v) is 12.1. The van der Waals surface area contributed by atoms with Crippen LogP contribution < -0.4 is 51.4 Å². The van der Waals surface area contributed by atoms with Crippen LogP contribution in [0.25, 0.3) is 0 Å². The largest absolute Gasteiger partial charge is 1.00 e. The summed E-state index contributed by atoms with van der Waals surface area (Å²) in [5, 5.41) is -8.51. The third kappa shape index (κ3) is 6.88. The average molecular weight is 1040 g/mol. The van der Waals surface area contributed by atoms with Gasteiger partial charge in [0.1, 0.15) is 0 Å². The van der Waals surface area contributed by atoms with Gasteiger partial charge in [-0.05, 0) is 0 Å². The zero-order chi connectivity index (χ0) is 49.5. The van der Waals surface area contributed by atoms with Crippen LogP contribution in [-0.2, 0) is 10.1 Å². The van der Waals surface area contributed by atoms with Gasteiger partial charge in [0.25, 0.3) is 0 Å². The van der Waals surface area contributed by atoms with Crippen molar-refractivity contribution < 1.29 is 228 Å². The van der Waals surface area contributed by atoms with Crippen molar-refractivity contribution in [3.05, 3.63) is 0 Å². The molecule has 0 radical (unpaired) electrons. The maximum atomic E-state index is 13.9. The van der Waals surface area contributed by atoms with Crippen molar-refractivity contribution >= 4 is 10.1 Å². The molecule has 0 aromatic heterocycles. The Morgan fingerprint density at radius 2 is 0.333 bits per heavy atom. The van der Waals surface area contributed by atoms with E-state index < -0.39 is 116 Å². The van der Waals surface area contributed by atoms with Gasteiger partial charge in [0, 0.05) is 0 Å². The summed E-state index contributed by atoms with van der Waals surface area (Å²) < 4.78 is 526. The molecule has 0 aliphatic heterocycles. The molecule has 1 N–H and O–H groups in total. The Hall–Kier alpha value is -1.04. The minimum atomic E-state index is -10.5. The van der Waals surface area contributed by atoms with Crippen molar-refractivity contribution in [2.45, 2.75) is 106 Å². The first kappa shape index (κ1) is 61.0. The van der Waals surface area contributed by atoms with Crippen LogP contribution >= 0.6 is 0 Å². The molecule has 0 aliphatic carbocycles. The van der Waals surface area contributed by atoms with E-state index >= 15 is 0 Å². The predicted molar refractivity (Wildman–Crippen MR) is 103 cm³/mol. The van der Waals surface area contributed by atoms with E-state index in [1.54, 1.807) is 0 Å². The van der Waals surface area contributed by atoms with Gasteiger partial charge in [0.15, 0.2) is 0 Å². The van der Waals surface area contributed by atoms with Gasteiger partial charge in [-0.15, -0.1) is 0 Å². The van der Waals surface area contributed by atoms with Crippen LogP contribution in [0.4, 0.5) is 162 Å². The molecule has 0 saturated heterocycles. The molecule has 0 saturated carbocycles. The topological polar surface area (TPSA) is 54.4 Å². The molecule has 358 valence electrons. The number of hydrogen-bond acceptors (Lipinski definition) is 2. The minimum absolute atomic E-state index is 0. The van der Waals surface area contributed by atoms with E-state index in [9.17, 15) is 171 Å². The van der Waals surface area contributed by atoms with Crippen LogP contribution in [0.1, 0.15) is 1.43 Å². The first-order valence-corrected chi connectivity index (χ1v) is 13.4. The molecule has 42 heteroatoms. The maximum Gasteiger partial charge on any atom is 1.00 e. The number of rotatable bonds is 17. The minimum Gasteiger partial charge on any atom is -1.00 e. The van der Waals surface area contributed by atoms with Gasteiger partial charge in [-0.2, -0.15) is 171 Å². The first-order valence-electron chi connectivity index (χ1n) is 12.0. The second-order valence-electron chi connectivity index (χ2n) is 10.7. The van der Waals surface area contributed by atoms with E-state index in [2.05, 4.69) is 0 Å². The Morgan fingerprint density at radius 3 is 0.433 bits per heavy atom. The number of alkyl halides is 37. The van der Waals surface area contributed by atoms with Crippen LogP contribution in [-0.4, -0.2) is 119 Å². The Labute approximate surface area is 343 Å². The van der Waals surface area contributed by atoms with Crippen LogP contribution in [0.5, 0.6) is 0 Å². The molecule has 0 aromatic rings. The van der Waals surface area contributed by atoms with Gasteiger partial charge in [-0.3, -0.25) is 4.55 Å². The Morgan fingerprint density at radius 1 is 0.233 bits per heavy atom. The second kappa shape index (κ2) is 14.7. The normalized spacial score (nSPS) is 17.2. The van der Waals surface area contributed by atoms with Gasteiger partial charge >= 0.3 is 168 Å². The zero-order valence-electron chi connectivity index (χ0n) is 26.7. The van der Waals surface area contributed by atoms with E-state index in [1.807, 2.05) is 0 Å². The van der Waals surface area contributed by atoms with Gasteiger partial charge in [0.05, 0.1) is 0 Å². The SMILES string of the molecule is O=S(=O)(O)C(F)(F)C(F)(F)C(F)(F)C(F)(F)C(F)(F)C(F)(F)C(F)(F)C(F)(F)C(F)(F)C(F)(F)C(F)(F)C(F)(F)C(F)(F)C(F)(F)C(F)(F)C(F)(F)C(F)(F)C(F)(F)F.[H-].[K+]. The average Bonchev–Trinajstić information content (AvgIpc) is 2.98. The summed E-state index contributed by atoms with van der Waals surface area (Å²) in [5.41, 5.74) is 0. The van der Waals surface area contributed by atoms with Crippen molar-refractivity contribution in [2.24, 2.45) is 0 Å². The number of hydrogen-bond donors (Lipinski definition) is 1. The van der Waals surface area contributed by atoms with E-state index in [1.165, 1.54) is 0 Å². The summed E-state index contributed by atoms with van der Waals surface area (Å²) in [7, 11) is -8.52. The summed E-state index contributed by atoms with van der Waals surface area (Å²) in [6, 6.07) is 0. The molecule has 3 nitrogen and oxygen atoms in total. The Balaban J connectivity index is -0.0000168. The van der Waals surface area contributed by atoms with Crippen molar-refractivity contribution in [3.63, 3.8) is 0 Å². The number of halogens is 37. The molecule has 0 fully saturated rings. The summed E-state index contributed by atoms with van der Waals surface area (Å²) >= 11 is 0. The monoisotopic (exact) mass is 1040 g/mol. The van der Waals surface area contributed by atoms with Crippen LogP contribution in [0.3, 0.4) is 0 Å². The quantitative estimate of drug-likeness (QED) is 0.0908. The Bertz CT molecular complexity index is 1690. The van der Waals surface area contributed by atoms with E-state index in [0.717, 1.165) is 0 Å².